The molecule has 72 valence electrons. The summed E-state index contributed by atoms with van der Waals surface area (Å²) in [5.74, 6) is -1.05. The molecule has 1 aromatic carbocycles. The minimum Gasteiger partial charge on any atom is -0.550 e. The highest BCUT2D eigenvalue weighted by Crippen LogP contribution is 2.18. The molecule has 0 fully saturated rings. The van der Waals surface area contributed by atoms with Crippen molar-refractivity contribution in [2.45, 2.75) is 6.42 Å². The van der Waals surface area contributed by atoms with Crippen LogP contribution in [0.3, 0.4) is 0 Å². The Bertz CT molecular complexity index is 485. The first-order valence-corrected chi connectivity index (χ1v) is 4.41. The fraction of sp³-hybridized carbons (Fsp3) is 0.182. The van der Waals surface area contributed by atoms with E-state index in [9.17, 15) is 9.90 Å². The average molecular weight is 188 g/mol. The van der Waals surface area contributed by atoms with E-state index in [0.717, 1.165) is 16.6 Å². The standard InChI is InChI=1S/C11H11NO2/c1-12-9(7-11(13)14)6-8-4-2-3-5-10(8)12/h2-6H,7H2,1H3,(H,13,14)/p-1. The van der Waals surface area contributed by atoms with Crippen molar-refractivity contribution in [3.63, 3.8) is 0 Å². The molecule has 0 aliphatic heterocycles. The average Bonchev–Trinajstić information content (AvgIpc) is 2.44. The molecule has 1 aromatic heterocycles. The third-order valence-electron chi connectivity index (χ3n) is 2.38. The second-order valence-electron chi connectivity index (χ2n) is 3.30. The number of carbonyl (C=O) groups excluding carboxylic acids is 1. The molecule has 3 nitrogen and oxygen atoms in total. The van der Waals surface area contributed by atoms with Crippen molar-refractivity contribution in [2.75, 3.05) is 0 Å². The summed E-state index contributed by atoms with van der Waals surface area (Å²) in [6.07, 6.45) is -0.0365. The van der Waals surface area contributed by atoms with Gasteiger partial charge in [-0.05, 0) is 17.5 Å². The fourth-order valence-corrected chi connectivity index (χ4v) is 1.66. The zero-order valence-electron chi connectivity index (χ0n) is 7.86. The van der Waals surface area contributed by atoms with Gasteiger partial charge in [-0.25, -0.2) is 0 Å². The third kappa shape index (κ3) is 1.37. The highest BCUT2D eigenvalue weighted by atomic mass is 16.4. The number of hydrogen-bond donors (Lipinski definition) is 0. The molecule has 1 heterocycles. The summed E-state index contributed by atoms with van der Waals surface area (Å²) in [6, 6.07) is 9.68. The Morgan fingerprint density at radius 3 is 2.79 bits per heavy atom. The number of aliphatic carboxylic acids is 1. The molecule has 2 aromatic rings. The van der Waals surface area contributed by atoms with Crippen molar-refractivity contribution in [1.82, 2.24) is 4.57 Å². The van der Waals surface area contributed by atoms with Gasteiger partial charge in [0.15, 0.2) is 0 Å². The Morgan fingerprint density at radius 1 is 1.43 bits per heavy atom. The third-order valence-corrected chi connectivity index (χ3v) is 2.38. The molecule has 0 spiro atoms. The number of aryl methyl sites for hydroxylation is 1. The maximum atomic E-state index is 10.5. The van der Waals surface area contributed by atoms with E-state index in [1.54, 1.807) is 0 Å². The van der Waals surface area contributed by atoms with Crippen LogP contribution in [0.2, 0.25) is 0 Å². The highest BCUT2D eigenvalue weighted by Gasteiger charge is 2.04. The molecule has 14 heavy (non-hydrogen) atoms. The summed E-state index contributed by atoms with van der Waals surface area (Å²) in [5, 5.41) is 11.5. The molecule has 0 radical (unpaired) electrons. The predicted molar refractivity (Wildman–Crippen MR) is 51.6 cm³/mol. The number of aromatic nitrogens is 1. The summed E-state index contributed by atoms with van der Waals surface area (Å²) in [6.45, 7) is 0. The molecule has 0 amide bonds. The van der Waals surface area contributed by atoms with Crippen LogP contribution in [-0.2, 0) is 18.3 Å². The number of carboxylic acids is 1. The van der Waals surface area contributed by atoms with E-state index in [1.165, 1.54) is 0 Å². The van der Waals surface area contributed by atoms with E-state index < -0.39 is 5.97 Å². The number of rotatable bonds is 2. The Kier molecular flexibility index (Phi) is 2.00. The second kappa shape index (κ2) is 3.18. The zero-order valence-corrected chi connectivity index (χ0v) is 7.86. The molecule has 2 rings (SSSR count). The van der Waals surface area contributed by atoms with Crippen molar-refractivity contribution < 1.29 is 9.90 Å². The molecule has 0 unspecified atom stereocenters. The van der Waals surface area contributed by atoms with Crippen LogP contribution in [0.1, 0.15) is 5.69 Å². The monoisotopic (exact) mass is 188 g/mol. The predicted octanol–water partition coefficient (Wildman–Crippen LogP) is 0.471. The summed E-state index contributed by atoms with van der Waals surface area (Å²) >= 11 is 0. The summed E-state index contributed by atoms with van der Waals surface area (Å²) in [4.78, 5) is 10.5. The molecule has 0 saturated carbocycles. The van der Waals surface area contributed by atoms with Crippen molar-refractivity contribution in [2.24, 2.45) is 7.05 Å². The van der Waals surface area contributed by atoms with Gasteiger partial charge < -0.3 is 14.5 Å². The number of fused-ring (bicyclic) bond motifs is 1. The van der Waals surface area contributed by atoms with Gasteiger partial charge in [-0.3, -0.25) is 0 Å². The van der Waals surface area contributed by atoms with Crippen LogP contribution < -0.4 is 5.11 Å². The van der Waals surface area contributed by atoms with E-state index in [1.807, 2.05) is 41.9 Å². The zero-order chi connectivity index (χ0) is 10.1. The normalized spacial score (nSPS) is 10.6. The molecule has 0 aliphatic carbocycles. The topological polar surface area (TPSA) is 45.1 Å². The first-order chi connectivity index (χ1) is 6.68. The van der Waals surface area contributed by atoms with Gasteiger partial charge in [-0.2, -0.15) is 0 Å². The van der Waals surface area contributed by atoms with Crippen LogP contribution in [0.5, 0.6) is 0 Å². The lowest BCUT2D eigenvalue weighted by Gasteiger charge is -2.04. The van der Waals surface area contributed by atoms with Gasteiger partial charge in [0.2, 0.25) is 0 Å². The van der Waals surface area contributed by atoms with E-state index in [0.29, 0.717) is 0 Å². The SMILES string of the molecule is Cn1c(CC(=O)[O-])cc2ccccc21. The minimum absolute atomic E-state index is 0.0365. The van der Waals surface area contributed by atoms with Gasteiger partial charge in [-0.15, -0.1) is 0 Å². The highest BCUT2D eigenvalue weighted by molar-refractivity contribution is 5.82. The van der Waals surface area contributed by atoms with E-state index >= 15 is 0 Å². The van der Waals surface area contributed by atoms with Crippen LogP contribution in [0.4, 0.5) is 0 Å². The van der Waals surface area contributed by atoms with Crippen LogP contribution in [0, 0.1) is 0 Å². The van der Waals surface area contributed by atoms with E-state index in [2.05, 4.69) is 0 Å². The molecule has 0 aliphatic rings. The van der Waals surface area contributed by atoms with Crippen LogP contribution in [0.25, 0.3) is 10.9 Å². The molecule has 0 atom stereocenters. The van der Waals surface area contributed by atoms with Gasteiger partial charge in [0.25, 0.3) is 0 Å². The Labute approximate surface area is 81.6 Å². The first-order valence-electron chi connectivity index (χ1n) is 4.41. The maximum Gasteiger partial charge on any atom is 0.0479 e. The smallest absolute Gasteiger partial charge is 0.0479 e. The van der Waals surface area contributed by atoms with Gasteiger partial charge in [0.1, 0.15) is 0 Å². The summed E-state index contributed by atoms with van der Waals surface area (Å²) in [7, 11) is 1.86. The quantitative estimate of drug-likeness (QED) is 0.687. The van der Waals surface area contributed by atoms with Crippen LogP contribution in [0.15, 0.2) is 30.3 Å². The van der Waals surface area contributed by atoms with Crippen molar-refractivity contribution in [1.29, 1.82) is 0 Å². The maximum absolute atomic E-state index is 10.5. The lowest BCUT2D eigenvalue weighted by atomic mass is 10.2. The second-order valence-corrected chi connectivity index (χ2v) is 3.30. The Balaban J connectivity index is 2.57. The van der Waals surface area contributed by atoms with Gasteiger partial charge in [-0.1, -0.05) is 18.2 Å². The van der Waals surface area contributed by atoms with Crippen molar-refractivity contribution in [3.05, 3.63) is 36.0 Å². The van der Waals surface area contributed by atoms with Gasteiger partial charge in [0, 0.05) is 30.6 Å². The largest absolute Gasteiger partial charge is 0.550 e. The molecular weight excluding hydrogens is 178 g/mol. The van der Waals surface area contributed by atoms with Crippen LogP contribution in [-0.4, -0.2) is 10.5 Å². The summed E-state index contributed by atoms with van der Waals surface area (Å²) < 4.78 is 1.88. The Morgan fingerprint density at radius 2 is 2.14 bits per heavy atom. The number of hydrogen-bond acceptors (Lipinski definition) is 2. The number of benzene rings is 1. The summed E-state index contributed by atoms with van der Waals surface area (Å²) in [5.41, 5.74) is 1.81. The first kappa shape index (κ1) is 8.81. The van der Waals surface area contributed by atoms with Gasteiger partial charge >= 0.3 is 0 Å². The molecule has 0 bridgehead atoms. The molecular formula is C11H10NO2-. The number of para-hydroxylation sites is 1. The molecule has 3 heteroatoms. The fourth-order valence-electron chi connectivity index (χ4n) is 1.66. The van der Waals surface area contributed by atoms with Crippen molar-refractivity contribution in [3.8, 4) is 0 Å². The van der Waals surface area contributed by atoms with Crippen molar-refractivity contribution >= 4 is 16.9 Å². The minimum atomic E-state index is -1.05. The lowest BCUT2D eigenvalue weighted by molar-refractivity contribution is -0.304. The number of nitrogens with zero attached hydrogens (tertiary/aromatic N) is 1. The lowest BCUT2D eigenvalue weighted by Crippen LogP contribution is -2.25. The number of carbonyl (C=O) groups is 1. The molecule has 0 saturated heterocycles. The van der Waals surface area contributed by atoms with E-state index in [-0.39, 0.29) is 6.42 Å². The van der Waals surface area contributed by atoms with E-state index in [4.69, 9.17) is 0 Å². The Hall–Kier alpha value is -1.77. The van der Waals surface area contributed by atoms with Crippen LogP contribution >= 0.6 is 0 Å². The van der Waals surface area contributed by atoms with Gasteiger partial charge in [0.05, 0.1) is 0 Å². The molecule has 0 N–H and O–H groups in total. The number of carboxylic acid groups (broad SMARTS) is 1.